The number of piperazine rings is 1. The summed E-state index contributed by atoms with van der Waals surface area (Å²) < 4.78 is 20.7. The van der Waals surface area contributed by atoms with E-state index in [0.29, 0.717) is 51.1 Å². The van der Waals surface area contributed by atoms with E-state index in [9.17, 15) is 4.79 Å². The average molecular weight is 691 g/mol. The zero-order valence-corrected chi connectivity index (χ0v) is 27.2. The van der Waals surface area contributed by atoms with Crippen LogP contribution in [-0.4, -0.2) is 72.4 Å². The van der Waals surface area contributed by atoms with Crippen LogP contribution >= 0.6 is 46.4 Å². The predicted molar refractivity (Wildman–Crippen MR) is 177 cm³/mol. The van der Waals surface area contributed by atoms with Gasteiger partial charge in [0.05, 0.1) is 46.8 Å². The summed E-state index contributed by atoms with van der Waals surface area (Å²) in [6.07, 6.45) is 4.94. The van der Waals surface area contributed by atoms with E-state index >= 15 is 0 Å². The lowest BCUT2D eigenvalue weighted by molar-refractivity contribution is -0.189. The van der Waals surface area contributed by atoms with Crippen molar-refractivity contribution in [1.82, 2.24) is 14.5 Å². The highest BCUT2D eigenvalue weighted by molar-refractivity contribution is 6.39. The molecule has 1 aromatic heterocycles. The summed E-state index contributed by atoms with van der Waals surface area (Å²) in [4.78, 5) is 21.1. The van der Waals surface area contributed by atoms with Crippen LogP contribution in [0.15, 0.2) is 79.4 Å². The molecule has 2 saturated heterocycles. The highest BCUT2D eigenvalue weighted by Crippen LogP contribution is 2.40. The minimum absolute atomic E-state index is 0.146. The molecular weight excluding hydrogens is 660 g/mol. The van der Waals surface area contributed by atoms with Crippen molar-refractivity contribution < 1.29 is 19.0 Å². The number of carbonyl (C=O) groups excluding carboxylic acids is 1. The normalized spacial score (nSPS) is 20.4. The largest absolute Gasteiger partial charge is 0.491 e. The van der Waals surface area contributed by atoms with Crippen LogP contribution in [0.25, 0.3) is 0 Å². The van der Waals surface area contributed by atoms with Gasteiger partial charge in [-0.1, -0.05) is 58.5 Å². The number of aromatic nitrogens is 2. The Balaban J connectivity index is 0.998. The first-order chi connectivity index (χ1) is 21.8. The van der Waals surface area contributed by atoms with Crippen LogP contribution in [0.4, 0.5) is 11.4 Å². The standard InChI is InChI=1S/C32H31Cl4N5O4/c33-22-4-9-26(29(36)16-22)32(20-40-11-10-37-21-40)44-19-25(45-32)18-43-24-7-5-23(6-8-24)41-14-12-39(13-15-41)17-30(42)38-31-27(34)2-1-3-28(31)35/h1-11,16,21,25H,12-15,17-20H2,(H,38,42). The molecule has 1 amide bonds. The maximum atomic E-state index is 12.6. The van der Waals surface area contributed by atoms with Crippen molar-refractivity contribution in [2.75, 3.05) is 56.2 Å². The van der Waals surface area contributed by atoms with Crippen molar-refractivity contribution in [2.24, 2.45) is 0 Å². The van der Waals surface area contributed by atoms with Gasteiger partial charge in [0, 0.05) is 54.8 Å². The van der Waals surface area contributed by atoms with Gasteiger partial charge in [-0.15, -0.1) is 0 Å². The predicted octanol–water partition coefficient (Wildman–Crippen LogP) is 6.60. The van der Waals surface area contributed by atoms with E-state index in [2.05, 4.69) is 20.1 Å². The highest BCUT2D eigenvalue weighted by Gasteiger charge is 2.45. The summed E-state index contributed by atoms with van der Waals surface area (Å²) >= 11 is 25.1. The molecule has 4 aromatic rings. The molecule has 13 heteroatoms. The van der Waals surface area contributed by atoms with E-state index in [-0.39, 0.29) is 18.6 Å². The minimum Gasteiger partial charge on any atom is -0.491 e. The summed E-state index contributed by atoms with van der Waals surface area (Å²) in [5.74, 6) is -0.524. The van der Waals surface area contributed by atoms with Crippen LogP contribution < -0.4 is 15.0 Å². The minimum atomic E-state index is -1.11. The highest BCUT2D eigenvalue weighted by atomic mass is 35.5. The maximum absolute atomic E-state index is 12.6. The summed E-state index contributed by atoms with van der Waals surface area (Å²) in [7, 11) is 0. The van der Waals surface area contributed by atoms with Crippen molar-refractivity contribution in [2.45, 2.75) is 18.4 Å². The monoisotopic (exact) mass is 689 g/mol. The molecule has 2 unspecified atom stereocenters. The van der Waals surface area contributed by atoms with Gasteiger partial charge >= 0.3 is 0 Å². The van der Waals surface area contributed by atoms with Crippen molar-refractivity contribution in [3.63, 3.8) is 0 Å². The lowest BCUT2D eigenvalue weighted by Gasteiger charge is -2.35. The fraction of sp³-hybridized carbons (Fsp3) is 0.312. The van der Waals surface area contributed by atoms with Gasteiger partial charge < -0.3 is 29.0 Å². The van der Waals surface area contributed by atoms with Crippen LogP contribution in [-0.2, 0) is 26.6 Å². The molecular formula is C32H31Cl4N5O4. The van der Waals surface area contributed by atoms with Gasteiger partial charge in [0.2, 0.25) is 11.7 Å². The first kappa shape index (κ1) is 31.9. The van der Waals surface area contributed by atoms with Gasteiger partial charge in [-0.3, -0.25) is 9.69 Å². The topological polar surface area (TPSA) is 81.1 Å². The molecule has 3 heterocycles. The number of nitrogens with zero attached hydrogens (tertiary/aromatic N) is 4. The molecule has 6 rings (SSSR count). The van der Waals surface area contributed by atoms with Gasteiger partial charge in [0.25, 0.3) is 0 Å². The second-order valence-electron chi connectivity index (χ2n) is 10.9. The van der Waals surface area contributed by atoms with Gasteiger partial charge in [-0.25, -0.2) is 4.98 Å². The summed E-state index contributed by atoms with van der Waals surface area (Å²) in [6, 6.07) is 18.4. The molecule has 2 aliphatic rings. The number of amides is 1. The van der Waals surface area contributed by atoms with Crippen LogP contribution in [0.3, 0.4) is 0 Å². The second-order valence-corrected chi connectivity index (χ2v) is 12.5. The Morgan fingerprint density at radius 2 is 1.73 bits per heavy atom. The second kappa shape index (κ2) is 14.2. The van der Waals surface area contributed by atoms with Crippen LogP contribution in [0, 0.1) is 0 Å². The molecule has 0 aliphatic carbocycles. The Kier molecular flexibility index (Phi) is 10.1. The first-order valence-electron chi connectivity index (χ1n) is 14.4. The number of rotatable bonds is 10. The zero-order chi connectivity index (χ0) is 31.4. The molecule has 0 spiro atoms. The lowest BCUT2D eigenvalue weighted by atomic mass is 10.1. The Labute approximate surface area is 281 Å². The van der Waals surface area contributed by atoms with Crippen molar-refractivity contribution in [1.29, 1.82) is 0 Å². The Morgan fingerprint density at radius 1 is 0.978 bits per heavy atom. The fourth-order valence-electron chi connectivity index (χ4n) is 5.48. The molecule has 9 nitrogen and oxygen atoms in total. The molecule has 45 heavy (non-hydrogen) atoms. The van der Waals surface area contributed by atoms with Crippen LogP contribution in [0.2, 0.25) is 20.1 Å². The van der Waals surface area contributed by atoms with Crippen molar-refractivity contribution in [3.05, 3.63) is 105 Å². The maximum Gasteiger partial charge on any atom is 0.238 e. The molecule has 2 aliphatic heterocycles. The number of hydrogen-bond donors (Lipinski definition) is 1. The van der Waals surface area contributed by atoms with Crippen LogP contribution in [0.5, 0.6) is 5.75 Å². The van der Waals surface area contributed by atoms with E-state index in [1.807, 2.05) is 41.1 Å². The fourth-order valence-corrected chi connectivity index (χ4v) is 6.53. The van der Waals surface area contributed by atoms with E-state index < -0.39 is 5.79 Å². The molecule has 0 saturated carbocycles. The third-order valence-electron chi connectivity index (χ3n) is 7.76. The zero-order valence-electron chi connectivity index (χ0n) is 24.2. The van der Waals surface area contributed by atoms with E-state index in [1.165, 1.54) is 0 Å². The smallest absolute Gasteiger partial charge is 0.238 e. The van der Waals surface area contributed by atoms with Gasteiger partial charge in [0.15, 0.2) is 0 Å². The molecule has 236 valence electrons. The summed E-state index contributed by atoms with van der Waals surface area (Å²) in [6.45, 7) is 4.35. The molecule has 0 bridgehead atoms. The lowest BCUT2D eigenvalue weighted by Crippen LogP contribution is -2.48. The summed E-state index contributed by atoms with van der Waals surface area (Å²) in [5.41, 5.74) is 2.23. The molecule has 2 atom stereocenters. The number of ether oxygens (including phenoxy) is 3. The average Bonchev–Trinajstić information content (AvgIpc) is 3.69. The Hall–Kier alpha value is -3.02. The van der Waals surface area contributed by atoms with E-state index in [4.69, 9.17) is 60.6 Å². The van der Waals surface area contributed by atoms with Crippen LogP contribution in [0.1, 0.15) is 5.56 Å². The molecule has 0 radical (unpaired) electrons. The Bertz CT molecular complexity index is 1600. The number of nitrogens with one attached hydrogen (secondary N) is 1. The van der Waals surface area contributed by atoms with Gasteiger partial charge in [-0.05, 0) is 48.5 Å². The number of imidazole rings is 1. The number of hydrogen-bond acceptors (Lipinski definition) is 7. The summed E-state index contributed by atoms with van der Waals surface area (Å²) in [5, 5.41) is 4.66. The van der Waals surface area contributed by atoms with E-state index in [1.54, 1.807) is 42.9 Å². The van der Waals surface area contributed by atoms with Gasteiger partial charge in [0.1, 0.15) is 18.5 Å². The number of benzene rings is 3. The van der Waals surface area contributed by atoms with Crippen molar-refractivity contribution in [3.8, 4) is 5.75 Å². The van der Waals surface area contributed by atoms with Crippen molar-refractivity contribution >= 4 is 63.7 Å². The third kappa shape index (κ3) is 7.69. The number of para-hydroxylation sites is 1. The SMILES string of the molecule is O=C(CN1CCN(c2ccc(OCC3COC(Cn4ccnc4)(c4ccc(Cl)cc4Cl)O3)cc2)CC1)Nc1c(Cl)cccc1Cl. The number of anilines is 2. The quantitative estimate of drug-likeness (QED) is 0.201. The number of halogens is 4. The van der Waals surface area contributed by atoms with Gasteiger partial charge in [-0.2, -0.15) is 0 Å². The number of carbonyl (C=O) groups is 1. The first-order valence-corrected chi connectivity index (χ1v) is 16.0. The Morgan fingerprint density at radius 3 is 2.42 bits per heavy atom. The molecule has 3 aromatic carbocycles. The third-order valence-corrected chi connectivity index (χ3v) is 8.93. The molecule has 2 fully saturated rings. The van der Waals surface area contributed by atoms with E-state index in [0.717, 1.165) is 37.6 Å². The molecule has 1 N–H and O–H groups in total.